The van der Waals surface area contributed by atoms with Gasteiger partial charge in [-0.1, -0.05) is 21.1 Å². The maximum atomic E-state index is 8.65. The van der Waals surface area contributed by atoms with Crippen molar-refractivity contribution in [2.75, 3.05) is 13.2 Å². The molecule has 0 aliphatic carbocycles. The summed E-state index contributed by atoms with van der Waals surface area (Å²) in [7, 11) is 0. The molecule has 0 spiro atoms. The van der Waals surface area contributed by atoms with Crippen LogP contribution in [-0.4, -0.2) is 29.4 Å². The zero-order chi connectivity index (χ0) is 12.0. The van der Waals surface area contributed by atoms with Crippen LogP contribution in [0.15, 0.2) is 27.8 Å². The Morgan fingerprint density at radius 1 is 1.50 bits per heavy atom. The van der Waals surface area contributed by atoms with E-state index in [1.54, 1.807) is 18.2 Å². The van der Waals surface area contributed by atoms with E-state index < -0.39 is 0 Å². The predicted octanol–water partition coefficient (Wildman–Crippen LogP) is 1.30. The number of ether oxygens (including phenoxy) is 1. The van der Waals surface area contributed by atoms with Crippen molar-refractivity contribution in [2.24, 2.45) is 10.9 Å². The molecule has 0 saturated heterocycles. The van der Waals surface area contributed by atoms with E-state index in [4.69, 9.17) is 20.8 Å². The van der Waals surface area contributed by atoms with Crippen molar-refractivity contribution >= 4 is 21.8 Å². The number of nitrogens with two attached hydrogens (primary N) is 1. The molecule has 16 heavy (non-hydrogen) atoms. The number of amidine groups is 1. The van der Waals surface area contributed by atoms with Gasteiger partial charge in [-0.05, 0) is 18.2 Å². The summed E-state index contributed by atoms with van der Waals surface area (Å²) in [5.41, 5.74) is 6.02. The smallest absolute Gasteiger partial charge is 0.173 e. The predicted molar refractivity (Wildman–Crippen MR) is 63.9 cm³/mol. The molecule has 0 heterocycles. The van der Waals surface area contributed by atoms with Gasteiger partial charge < -0.3 is 20.8 Å². The maximum absolute atomic E-state index is 8.65. The Kier molecular flexibility index (Phi) is 5.07. The Morgan fingerprint density at radius 2 is 2.25 bits per heavy atom. The van der Waals surface area contributed by atoms with Gasteiger partial charge in [0.2, 0.25) is 0 Å². The summed E-state index contributed by atoms with van der Waals surface area (Å²) in [6.45, 7) is 0.436. The molecular weight excluding hydrogens is 276 g/mol. The minimum atomic E-state index is -0.00787. The fourth-order valence-electron chi connectivity index (χ4n) is 1.13. The number of nitrogens with zero attached hydrogens (tertiary/aromatic N) is 1. The molecule has 0 amide bonds. The van der Waals surface area contributed by atoms with Crippen molar-refractivity contribution in [1.82, 2.24) is 0 Å². The zero-order valence-electron chi connectivity index (χ0n) is 8.56. The number of halogens is 1. The molecule has 0 aromatic heterocycles. The molecule has 1 aromatic rings. The normalized spacial score (nSPS) is 11.5. The second-order valence-electron chi connectivity index (χ2n) is 3.05. The molecule has 1 rings (SSSR count). The average molecular weight is 289 g/mol. The minimum absolute atomic E-state index is 0.00787. The lowest BCUT2D eigenvalue weighted by Crippen LogP contribution is -2.15. The molecule has 6 heteroatoms. The van der Waals surface area contributed by atoms with Gasteiger partial charge in [-0.15, -0.1) is 0 Å². The summed E-state index contributed by atoms with van der Waals surface area (Å²) in [5, 5.41) is 20.2. The van der Waals surface area contributed by atoms with Crippen molar-refractivity contribution in [3.63, 3.8) is 0 Å². The first-order chi connectivity index (χ1) is 7.69. The molecule has 0 radical (unpaired) electrons. The van der Waals surface area contributed by atoms with Crippen molar-refractivity contribution in [3.8, 4) is 5.75 Å². The fourth-order valence-corrected chi connectivity index (χ4v) is 1.47. The van der Waals surface area contributed by atoms with Gasteiger partial charge in [0, 0.05) is 17.5 Å². The molecule has 0 fully saturated rings. The highest BCUT2D eigenvalue weighted by Gasteiger charge is 2.08. The highest BCUT2D eigenvalue weighted by Crippen LogP contribution is 2.23. The van der Waals surface area contributed by atoms with E-state index in [1.807, 2.05) is 0 Å². The number of aliphatic hydroxyl groups excluding tert-OH is 1. The van der Waals surface area contributed by atoms with Crippen molar-refractivity contribution in [3.05, 3.63) is 28.2 Å². The number of rotatable bonds is 5. The Bertz CT molecular complexity index is 382. The molecule has 0 unspecified atom stereocenters. The van der Waals surface area contributed by atoms with Crippen LogP contribution in [-0.2, 0) is 0 Å². The van der Waals surface area contributed by atoms with Crippen LogP contribution in [0.1, 0.15) is 12.0 Å². The standard InChI is InChI=1S/C10H13BrN2O3/c11-7-2-3-8(10(12)13-15)9(6-7)16-5-1-4-14/h2-3,6,14-15H,1,4-5H2,(H2,12,13). The molecule has 0 atom stereocenters. The first kappa shape index (κ1) is 12.8. The third-order valence-corrected chi connectivity index (χ3v) is 2.38. The van der Waals surface area contributed by atoms with E-state index in [-0.39, 0.29) is 12.4 Å². The van der Waals surface area contributed by atoms with E-state index in [9.17, 15) is 0 Å². The van der Waals surface area contributed by atoms with Gasteiger partial charge in [0.05, 0.1) is 12.2 Å². The van der Waals surface area contributed by atoms with Gasteiger partial charge in [-0.25, -0.2) is 0 Å². The van der Waals surface area contributed by atoms with Crippen LogP contribution in [0.3, 0.4) is 0 Å². The summed E-state index contributed by atoms with van der Waals surface area (Å²) >= 11 is 3.30. The second-order valence-corrected chi connectivity index (χ2v) is 3.97. The SMILES string of the molecule is N/C(=N/O)c1ccc(Br)cc1OCCCO. The molecule has 5 nitrogen and oxygen atoms in total. The van der Waals surface area contributed by atoms with Crippen molar-refractivity contribution in [2.45, 2.75) is 6.42 Å². The largest absolute Gasteiger partial charge is 0.493 e. The van der Waals surface area contributed by atoms with Crippen LogP contribution >= 0.6 is 15.9 Å². The van der Waals surface area contributed by atoms with Gasteiger partial charge >= 0.3 is 0 Å². The van der Waals surface area contributed by atoms with E-state index in [2.05, 4.69) is 21.1 Å². The average Bonchev–Trinajstić information content (AvgIpc) is 2.29. The van der Waals surface area contributed by atoms with Crippen LogP contribution in [0.2, 0.25) is 0 Å². The molecular formula is C10H13BrN2O3. The molecule has 0 aliphatic rings. The number of oxime groups is 1. The maximum Gasteiger partial charge on any atom is 0.173 e. The molecule has 0 saturated carbocycles. The summed E-state index contributed by atoms with van der Waals surface area (Å²) in [5.74, 6) is 0.504. The molecule has 0 bridgehead atoms. The third kappa shape index (κ3) is 3.39. The Hall–Kier alpha value is -1.27. The molecule has 0 aliphatic heterocycles. The Balaban J connectivity index is 2.90. The van der Waals surface area contributed by atoms with Crippen LogP contribution in [0.4, 0.5) is 0 Å². The van der Waals surface area contributed by atoms with Gasteiger partial charge in [0.1, 0.15) is 5.75 Å². The van der Waals surface area contributed by atoms with Crippen LogP contribution < -0.4 is 10.5 Å². The van der Waals surface area contributed by atoms with E-state index in [0.717, 1.165) is 4.47 Å². The van der Waals surface area contributed by atoms with Crippen LogP contribution in [0, 0.1) is 0 Å². The number of hydrogen-bond acceptors (Lipinski definition) is 4. The van der Waals surface area contributed by atoms with Gasteiger partial charge in [0.15, 0.2) is 5.84 Å². The molecule has 4 N–H and O–H groups in total. The van der Waals surface area contributed by atoms with E-state index in [0.29, 0.717) is 24.3 Å². The van der Waals surface area contributed by atoms with E-state index in [1.165, 1.54) is 0 Å². The monoisotopic (exact) mass is 288 g/mol. The number of aliphatic hydroxyl groups is 1. The lowest BCUT2D eigenvalue weighted by molar-refractivity contribution is 0.233. The quantitative estimate of drug-likeness (QED) is 0.251. The fraction of sp³-hybridized carbons (Fsp3) is 0.300. The zero-order valence-corrected chi connectivity index (χ0v) is 10.1. The van der Waals surface area contributed by atoms with Crippen LogP contribution in [0.25, 0.3) is 0 Å². The minimum Gasteiger partial charge on any atom is -0.493 e. The Morgan fingerprint density at radius 3 is 2.88 bits per heavy atom. The number of hydrogen-bond donors (Lipinski definition) is 3. The van der Waals surface area contributed by atoms with Crippen LogP contribution in [0.5, 0.6) is 5.75 Å². The van der Waals surface area contributed by atoms with Gasteiger partial charge in [-0.3, -0.25) is 0 Å². The second kappa shape index (κ2) is 6.34. The van der Waals surface area contributed by atoms with Crippen molar-refractivity contribution < 1.29 is 15.1 Å². The highest BCUT2D eigenvalue weighted by atomic mass is 79.9. The van der Waals surface area contributed by atoms with Gasteiger partial charge in [0.25, 0.3) is 0 Å². The van der Waals surface area contributed by atoms with Gasteiger partial charge in [-0.2, -0.15) is 0 Å². The summed E-state index contributed by atoms with van der Waals surface area (Å²) < 4.78 is 6.25. The lowest BCUT2D eigenvalue weighted by atomic mass is 10.2. The summed E-state index contributed by atoms with van der Waals surface area (Å²) in [4.78, 5) is 0. The first-order valence-electron chi connectivity index (χ1n) is 4.70. The van der Waals surface area contributed by atoms with Crippen molar-refractivity contribution in [1.29, 1.82) is 0 Å². The lowest BCUT2D eigenvalue weighted by Gasteiger charge is -2.10. The topological polar surface area (TPSA) is 88.1 Å². The first-order valence-corrected chi connectivity index (χ1v) is 5.49. The summed E-state index contributed by atoms with van der Waals surface area (Å²) in [6.07, 6.45) is 0.530. The van der Waals surface area contributed by atoms with E-state index >= 15 is 0 Å². The Labute approximate surface area is 102 Å². The number of benzene rings is 1. The summed E-state index contributed by atoms with van der Waals surface area (Å²) in [6, 6.07) is 5.18. The third-order valence-electron chi connectivity index (χ3n) is 1.89. The highest BCUT2D eigenvalue weighted by molar-refractivity contribution is 9.10. The molecule has 88 valence electrons. The molecule has 1 aromatic carbocycles.